The first-order valence-electron chi connectivity index (χ1n) is 5.91. The largest absolute Gasteiger partial charge is 0.358 e. The molecule has 2 heterocycles. The van der Waals surface area contributed by atoms with Crippen LogP contribution in [0.25, 0.3) is 0 Å². The van der Waals surface area contributed by atoms with Crippen LogP contribution in [0, 0.1) is 0 Å². The normalized spacial score (nSPS) is 10.3. The topological polar surface area (TPSA) is 67.9 Å². The number of anilines is 1. The molecular weight excluding hydrogens is 226 g/mol. The fourth-order valence-electron chi connectivity index (χ4n) is 1.62. The molecule has 0 radical (unpaired) electrons. The van der Waals surface area contributed by atoms with Gasteiger partial charge in [0.1, 0.15) is 5.82 Å². The Bertz CT molecular complexity index is 486. The summed E-state index contributed by atoms with van der Waals surface area (Å²) in [6.45, 7) is 1.26. The summed E-state index contributed by atoms with van der Waals surface area (Å²) in [5.74, 6) is 0.842. The summed E-state index contributed by atoms with van der Waals surface area (Å²) in [5, 5.41) is 0. The number of hydrogen-bond donors (Lipinski definition) is 1. The van der Waals surface area contributed by atoms with Gasteiger partial charge in [-0.15, -0.1) is 0 Å². The van der Waals surface area contributed by atoms with Crippen LogP contribution in [0.15, 0.2) is 36.8 Å². The SMILES string of the molecule is CN(CCc1ccccn1)c1cncc(CN)n1. The van der Waals surface area contributed by atoms with Crippen LogP contribution in [0.1, 0.15) is 11.4 Å². The third kappa shape index (κ3) is 3.24. The zero-order valence-corrected chi connectivity index (χ0v) is 10.5. The Morgan fingerprint density at radius 2 is 2.11 bits per heavy atom. The van der Waals surface area contributed by atoms with E-state index in [-0.39, 0.29) is 0 Å². The summed E-state index contributed by atoms with van der Waals surface area (Å²) in [4.78, 5) is 14.9. The standard InChI is InChI=1S/C13H17N5/c1-18(7-5-11-4-2-3-6-16-11)13-10-15-9-12(8-14)17-13/h2-4,6,9-10H,5,7-8,14H2,1H3. The lowest BCUT2D eigenvalue weighted by atomic mass is 10.2. The zero-order chi connectivity index (χ0) is 12.8. The molecule has 0 aliphatic carbocycles. The maximum atomic E-state index is 5.55. The molecule has 0 saturated heterocycles. The van der Waals surface area contributed by atoms with Crippen molar-refractivity contribution in [2.24, 2.45) is 5.73 Å². The van der Waals surface area contributed by atoms with Crippen LogP contribution in [-0.2, 0) is 13.0 Å². The summed E-state index contributed by atoms with van der Waals surface area (Å²) in [5.41, 5.74) is 7.43. The highest BCUT2D eigenvalue weighted by Crippen LogP contribution is 2.08. The number of pyridine rings is 1. The first kappa shape index (κ1) is 12.4. The van der Waals surface area contributed by atoms with Crippen molar-refractivity contribution < 1.29 is 0 Å². The molecule has 0 amide bonds. The lowest BCUT2D eigenvalue weighted by Crippen LogP contribution is -2.22. The number of likely N-dealkylation sites (N-methyl/N-ethyl adjacent to an activating group) is 1. The Balaban J connectivity index is 1.97. The Hall–Kier alpha value is -2.01. The van der Waals surface area contributed by atoms with Gasteiger partial charge in [0, 0.05) is 44.6 Å². The summed E-state index contributed by atoms with van der Waals surface area (Å²) in [7, 11) is 1.99. The molecule has 0 saturated carbocycles. The second-order valence-electron chi connectivity index (χ2n) is 4.07. The van der Waals surface area contributed by atoms with Crippen molar-refractivity contribution in [2.75, 3.05) is 18.5 Å². The molecule has 18 heavy (non-hydrogen) atoms. The van der Waals surface area contributed by atoms with E-state index in [1.807, 2.05) is 31.4 Å². The van der Waals surface area contributed by atoms with Crippen molar-refractivity contribution in [3.05, 3.63) is 48.2 Å². The quantitative estimate of drug-likeness (QED) is 0.848. The van der Waals surface area contributed by atoms with E-state index in [2.05, 4.69) is 19.9 Å². The minimum absolute atomic E-state index is 0.412. The number of hydrogen-bond acceptors (Lipinski definition) is 5. The molecule has 0 aliphatic heterocycles. The molecule has 0 fully saturated rings. The van der Waals surface area contributed by atoms with Crippen molar-refractivity contribution in [2.45, 2.75) is 13.0 Å². The van der Waals surface area contributed by atoms with Gasteiger partial charge in [-0.25, -0.2) is 4.98 Å². The van der Waals surface area contributed by atoms with Crippen LogP contribution in [0.5, 0.6) is 0 Å². The molecule has 5 nitrogen and oxygen atoms in total. The van der Waals surface area contributed by atoms with Crippen LogP contribution in [0.4, 0.5) is 5.82 Å². The molecule has 0 atom stereocenters. The van der Waals surface area contributed by atoms with Crippen LogP contribution < -0.4 is 10.6 Å². The van der Waals surface area contributed by atoms with E-state index < -0.39 is 0 Å². The molecule has 2 aromatic rings. The monoisotopic (exact) mass is 243 g/mol. The highest BCUT2D eigenvalue weighted by molar-refractivity contribution is 5.35. The van der Waals surface area contributed by atoms with Crippen LogP contribution in [-0.4, -0.2) is 28.5 Å². The lowest BCUT2D eigenvalue weighted by molar-refractivity contribution is 0.824. The van der Waals surface area contributed by atoms with Gasteiger partial charge in [0.15, 0.2) is 0 Å². The number of rotatable bonds is 5. The Kier molecular flexibility index (Phi) is 4.20. The molecule has 0 bridgehead atoms. The highest BCUT2D eigenvalue weighted by Gasteiger charge is 2.04. The summed E-state index contributed by atoms with van der Waals surface area (Å²) < 4.78 is 0. The number of nitrogens with two attached hydrogens (primary N) is 1. The Morgan fingerprint density at radius 3 is 2.83 bits per heavy atom. The molecule has 0 spiro atoms. The number of nitrogens with zero attached hydrogens (tertiary/aromatic N) is 4. The van der Waals surface area contributed by atoms with E-state index in [0.717, 1.165) is 30.2 Å². The smallest absolute Gasteiger partial charge is 0.147 e. The Labute approximate surface area is 107 Å². The third-order valence-electron chi connectivity index (χ3n) is 2.70. The predicted octanol–water partition coefficient (Wildman–Crippen LogP) is 1.01. The van der Waals surface area contributed by atoms with E-state index >= 15 is 0 Å². The maximum Gasteiger partial charge on any atom is 0.147 e. The van der Waals surface area contributed by atoms with Gasteiger partial charge in [-0.1, -0.05) is 6.07 Å². The highest BCUT2D eigenvalue weighted by atomic mass is 15.2. The first-order chi connectivity index (χ1) is 8.79. The van der Waals surface area contributed by atoms with Gasteiger partial charge in [-0.2, -0.15) is 0 Å². The van der Waals surface area contributed by atoms with Gasteiger partial charge in [0.05, 0.1) is 11.9 Å². The Morgan fingerprint density at radius 1 is 1.22 bits per heavy atom. The van der Waals surface area contributed by atoms with E-state index in [1.165, 1.54) is 0 Å². The molecular formula is C13H17N5. The molecule has 2 aromatic heterocycles. The maximum absolute atomic E-state index is 5.55. The fraction of sp³-hybridized carbons (Fsp3) is 0.308. The average molecular weight is 243 g/mol. The number of aromatic nitrogens is 3. The molecule has 0 unspecified atom stereocenters. The summed E-state index contributed by atoms with van der Waals surface area (Å²) >= 11 is 0. The van der Waals surface area contributed by atoms with E-state index in [4.69, 9.17) is 5.73 Å². The minimum Gasteiger partial charge on any atom is -0.358 e. The molecule has 2 N–H and O–H groups in total. The van der Waals surface area contributed by atoms with Gasteiger partial charge < -0.3 is 10.6 Å². The van der Waals surface area contributed by atoms with E-state index in [0.29, 0.717) is 6.54 Å². The fourth-order valence-corrected chi connectivity index (χ4v) is 1.62. The first-order valence-corrected chi connectivity index (χ1v) is 5.91. The lowest BCUT2D eigenvalue weighted by Gasteiger charge is -2.17. The predicted molar refractivity (Wildman–Crippen MR) is 71.1 cm³/mol. The van der Waals surface area contributed by atoms with Crippen molar-refractivity contribution >= 4 is 5.82 Å². The van der Waals surface area contributed by atoms with Crippen molar-refractivity contribution in [3.63, 3.8) is 0 Å². The summed E-state index contributed by atoms with van der Waals surface area (Å²) in [6, 6.07) is 5.94. The molecule has 0 aromatic carbocycles. The van der Waals surface area contributed by atoms with Crippen LogP contribution >= 0.6 is 0 Å². The molecule has 0 aliphatic rings. The van der Waals surface area contributed by atoms with E-state index in [9.17, 15) is 0 Å². The molecule has 5 heteroatoms. The average Bonchev–Trinajstić information content (AvgIpc) is 2.46. The molecule has 2 rings (SSSR count). The van der Waals surface area contributed by atoms with Crippen molar-refractivity contribution in [3.8, 4) is 0 Å². The van der Waals surface area contributed by atoms with Gasteiger partial charge in [0.25, 0.3) is 0 Å². The van der Waals surface area contributed by atoms with Crippen molar-refractivity contribution in [1.82, 2.24) is 15.0 Å². The van der Waals surface area contributed by atoms with Gasteiger partial charge in [-0.05, 0) is 12.1 Å². The van der Waals surface area contributed by atoms with Gasteiger partial charge in [-0.3, -0.25) is 9.97 Å². The third-order valence-corrected chi connectivity index (χ3v) is 2.70. The van der Waals surface area contributed by atoms with Gasteiger partial charge in [0.2, 0.25) is 0 Å². The second-order valence-corrected chi connectivity index (χ2v) is 4.07. The van der Waals surface area contributed by atoms with Gasteiger partial charge >= 0.3 is 0 Å². The van der Waals surface area contributed by atoms with E-state index in [1.54, 1.807) is 12.4 Å². The van der Waals surface area contributed by atoms with Crippen LogP contribution in [0.2, 0.25) is 0 Å². The summed E-state index contributed by atoms with van der Waals surface area (Å²) in [6.07, 6.45) is 6.13. The molecule has 94 valence electrons. The second kappa shape index (κ2) is 6.07. The zero-order valence-electron chi connectivity index (χ0n) is 10.5. The van der Waals surface area contributed by atoms with Crippen molar-refractivity contribution in [1.29, 1.82) is 0 Å². The van der Waals surface area contributed by atoms with Crippen LogP contribution in [0.3, 0.4) is 0 Å². The minimum atomic E-state index is 0.412.